The first kappa shape index (κ1) is 24.4. The van der Waals surface area contributed by atoms with Crippen LogP contribution in [0, 0.1) is 22.7 Å². The third-order valence-corrected chi connectivity index (χ3v) is 10.0. The minimum Gasteiger partial charge on any atom is -0.389 e. The molecule has 0 aromatic carbocycles. The highest BCUT2D eigenvalue weighted by Crippen LogP contribution is 2.62. The Morgan fingerprint density at radius 1 is 1.28 bits per heavy atom. The van der Waals surface area contributed by atoms with Crippen molar-refractivity contribution in [1.29, 1.82) is 0 Å². The highest BCUT2D eigenvalue weighted by molar-refractivity contribution is 5.23. The smallest absolute Gasteiger partial charge is 0.0804 e. The van der Waals surface area contributed by atoms with Crippen molar-refractivity contribution in [2.24, 2.45) is 28.4 Å². The number of rotatable bonds is 5. The zero-order chi connectivity index (χ0) is 23.3. The second-order valence-corrected chi connectivity index (χ2v) is 11.8. The molecule has 0 spiro atoms. The van der Waals surface area contributed by atoms with Crippen molar-refractivity contribution in [2.45, 2.75) is 90.7 Å². The van der Waals surface area contributed by atoms with E-state index in [2.05, 4.69) is 67.8 Å². The number of likely N-dealkylation sites (N-methyl/N-ethyl adjacent to an activating group) is 1. The van der Waals surface area contributed by atoms with E-state index in [-0.39, 0.29) is 17.7 Å². The summed E-state index contributed by atoms with van der Waals surface area (Å²) in [5, 5.41) is 17.4. The molecule has 0 amide bonds. The van der Waals surface area contributed by atoms with E-state index in [1.54, 1.807) is 0 Å². The highest BCUT2D eigenvalue weighted by Gasteiger charge is 2.55. The summed E-state index contributed by atoms with van der Waals surface area (Å²) in [6, 6.07) is 0.300. The Hall–Kier alpha value is -0.760. The molecule has 4 fully saturated rings. The predicted octanol–water partition coefficient (Wildman–Crippen LogP) is 2.82. The number of fused-ring (bicyclic) bond motifs is 2. The zero-order valence-corrected chi connectivity index (χ0v) is 21.0. The van der Waals surface area contributed by atoms with Gasteiger partial charge in [-0.15, -0.1) is 0 Å². The Morgan fingerprint density at radius 2 is 2.03 bits per heavy atom. The molecule has 8 atom stereocenters. The average molecular weight is 446 g/mol. The lowest BCUT2D eigenvalue weighted by Crippen LogP contribution is -2.67. The van der Waals surface area contributed by atoms with Crippen LogP contribution in [0.1, 0.15) is 66.2 Å². The van der Waals surface area contributed by atoms with Gasteiger partial charge in [0.1, 0.15) is 0 Å². The average Bonchev–Trinajstić information content (AvgIpc) is 3.09. The molecule has 2 saturated heterocycles. The first-order chi connectivity index (χ1) is 15.1. The first-order valence-corrected chi connectivity index (χ1v) is 12.8. The monoisotopic (exact) mass is 445 g/mol. The number of nitrogens with one attached hydrogen (secondary N) is 2. The minimum absolute atomic E-state index is 0.00864. The van der Waals surface area contributed by atoms with Gasteiger partial charge in [-0.3, -0.25) is 20.4 Å². The molecule has 0 aromatic heterocycles. The Kier molecular flexibility index (Phi) is 6.95. The quantitative estimate of drug-likeness (QED) is 0.488. The van der Waals surface area contributed by atoms with E-state index in [0.717, 1.165) is 44.7 Å². The SMILES string of the molecule is C=C1[C@H](O)CC[C@H]2[C@](C)(CCC(C)=CCN3CN(C)C4NCNC(N)C43)[C@@H](C)CC[C@@]12C. The van der Waals surface area contributed by atoms with Crippen LogP contribution < -0.4 is 16.4 Å². The molecule has 3 unspecified atom stereocenters. The third-order valence-electron chi connectivity index (χ3n) is 10.0. The van der Waals surface area contributed by atoms with Crippen molar-refractivity contribution in [3.05, 3.63) is 23.8 Å². The number of nitrogens with zero attached hydrogens (tertiary/aromatic N) is 2. The molecule has 6 heteroatoms. The van der Waals surface area contributed by atoms with E-state index >= 15 is 0 Å². The maximum absolute atomic E-state index is 10.5. The number of nitrogens with two attached hydrogens (primary N) is 1. The van der Waals surface area contributed by atoms with Crippen LogP contribution in [-0.4, -0.2) is 66.3 Å². The van der Waals surface area contributed by atoms with Crippen LogP contribution in [0.5, 0.6) is 0 Å². The molecule has 32 heavy (non-hydrogen) atoms. The number of allylic oxidation sites excluding steroid dienone is 1. The van der Waals surface area contributed by atoms with Gasteiger partial charge in [0.05, 0.1) is 31.1 Å². The van der Waals surface area contributed by atoms with Gasteiger partial charge in [0.25, 0.3) is 0 Å². The Labute approximate surface area is 195 Å². The Morgan fingerprint density at radius 3 is 2.78 bits per heavy atom. The van der Waals surface area contributed by atoms with Gasteiger partial charge >= 0.3 is 0 Å². The zero-order valence-electron chi connectivity index (χ0n) is 21.0. The van der Waals surface area contributed by atoms with Gasteiger partial charge < -0.3 is 10.8 Å². The second-order valence-electron chi connectivity index (χ2n) is 11.8. The maximum Gasteiger partial charge on any atom is 0.0804 e. The van der Waals surface area contributed by atoms with Crippen molar-refractivity contribution >= 4 is 0 Å². The second kappa shape index (κ2) is 9.12. The molecule has 4 rings (SSSR count). The molecule has 6 nitrogen and oxygen atoms in total. The fraction of sp³-hybridized carbons (Fsp3) is 0.846. The van der Waals surface area contributed by atoms with Crippen molar-refractivity contribution in [2.75, 3.05) is 26.9 Å². The summed E-state index contributed by atoms with van der Waals surface area (Å²) in [4.78, 5) is 4.86. The molecule has 2 aliphatic carbocycles. The van der Waals surface area contributed by atoms with Crippen molar-refractivity contribution in [3.63, 3.8) is 0 Å². The summed E-state index contributed by atoms with van der Waals surface area (Å²) in [5.41, 5.74) is 9.36. The molecule has 2 heterocycles. The van der Waals surface area contributed by atoms with Gasteiger partial charge in [-0.1, -0.05) is 39.0 Å². The fourth-order valence-electron chi connectivity index (χ4n) is 7.48. The van der Waals surface area contributed by atoms with Gasteiger partial charge in [0.2, 0.25) is 0 Å². The van der Waals surface area contributed by atoms with Crippen molar-refractivity contribution in [1.82, 2.24) is 20.4 Å². The maximum atomic E-state index is 10.5. The first-order valence-electron chi connectivity index (χ1n) is 12.8. The van der Waals surface area contributed by atoms with Crippen LogP contribution in [0.15, 0.2) is 23.8 Å². The van der Waals surface area contributed by atoms with Gasteiger partial charge in [-0.2, -0.15) is 0 Å². The lowest BCUT2D eigenvalue weighted by molar-refractivity contribution is -0.0730. The minimum atomic E-state index is -0.312. The molecule has 0 radical (unpaired) electrons. The van der Waals surface area contributed by atoms with Crippen LogP contribution in [0.3, 0.4) is 0 Å². The molecule has 2 aliphatic heterocycles. The molecule has 4 aliphatic rings. The van der Waals surface area contributed by atoms with E-state index < -0.39 is 0 Å². The summed E-state index contributed by atoms with van der Waals surface area (Å²) in [7, 11) is 2.18. The highest BCUT2D eigenvalue weighted by atomic mass is 16.3. The number of aliphatic hydroxyl groups is 1. The van der Waals surface area contributed by atoms with Crippen LogP contribution in [-0.2, 0) is 0 Å². The van der Waals surface area contributed by atoms with Crippen LogP contribution in [0.4, 0.5) is 0 Å². The van der Waals surface area contributed by atoms with E-state index in [4.69, 9.17) is 5.73 Å². The van der Waals surface area contributed by atoms with Crippen LogP contribution >= 0.6 is 0 Å². The third kappa shape index (κ3) is 4.12. The Balaban J connectivity index is 1.41. The van der Waals surface area contributed by atoms with Gasteiger partial charge in [-0.05, 0) is 80.7 Å². The van der Waals surface area contributed by atoms with Crippen LogP contribution in [0.25, 0.3) is 0 Å². The molecule has 2 saturated carbocycles. The lowest BCUT2D eigenvalue weighted by Gasteiger charge is -2.59. The summed E-state index contributed by atoms with van der Waals surface area (Å²) < 4.78 is 0. The summed E-state index contributed by atoms with van der Waals surface area (Å²) in [6.45, 7) is 16.7. The summed E-state index contributed by atoms with van der Waals surface area (Å²) in [6.07, 6.45) is 9.22. The predicted molar refractivity (Wildman–Crippen MR) is 131 cm³/mol. The summed E-state index contributed by atoms with van der Waals surface area (Å²) in [5.74, 6) is 1.33. The normalized spacial score (nSPS) is 46.2. The van der Waals surface area contributed by atoms with E-state index in [1.165, 1.54) is 24.8 Å². The molecule has 0 aromatic rings. The fourth-order valence-corrected chi connectivity index (χ4v) is 7.48. The van der Waals surface area contributed by atoms with Crippen LogP contribution in [0.2, 0.25) is 0 Å². The van der Waals surface area contributed by atoms with Crippen molar-refractivity contribution in [3.8, 4) is 0 Å². The standard InChI is InChI=1S/C26H47N5O/c1-17(11-14-31-16-30(6)24-22(31)23(27)28-15-29-24)9-12-25(4)18(2)10-13-26(5)19(3)20(32)7-8-21(25)26/h11,18,20-24,28-29,32H,3,7-10,12-16,27H2,1-2,4-6H3/t18-,20+,21-,22?,23?,24?,25+,26-/m0/s1. The van der Waals surface area contributed by atoms with E-state index in [0.29, 0.717) is 29.5 Å². The number of hydrogen-bond acceptors (Lipinski definition) is 6. The van der Waals surface area contributed by atoms with E-state index in [9.17, 15) is 5.11 Å². The summed E-state index contributed by atoms with van der Waals surface area (Å²) >= 11 is 0. The molecule has 5 N–H and O–H groups in total. The lowest BCUT2D eigenvalue weighted by atomic mass is 9.46. The largest absolute Gasteiger partial charge is 0.389 e. The molecule has 0 bridgehead atoms. The number of aliphatic hydroxyl groups excluding tert-OH is 1. The molecular formula is C26H47N5O. The Bertz CT molecular complexity index is 740. The van der Waals surface area contributed by atoms with Gasteiger partial charge in [-0.25, -0.2) is 0 Å². The van der Waals surface area contributed by atoms with Crippen molar-refractivity contribution < 1.29 is 5.11 Å². The van der Waals surface area contributed by atoms with Gasteiger partial charge in [0.15, 0.2) is 0 Å². The molecule has 182 valence electrons. The molecular weight excluding hydrogens is 398 g/mol. The number of hydrogen-bond donors (Lipinski definition) is 4. The van der Waals surface area contributed by atoms with Gasteiger partial charge in [0, 0.05) is 13.2 Å². The topological polar surface area (TPSA) is 76.8 Å². The van der Waals surface area contributed by atoms with E-state index in [1.807, 2.05) is 0 Å².